The van der Waals surface area contributed by atoms with Gasteiger partial charge in [0.25, 0.3) is 6.33 Å². The molecule has 4 atom stereocenters. The van der Waals surface area contributed by atoms with Crippen LogP contribution in [0.4, 0.5) is 0 Å². The molecule has 1 saturated heterocycles. The van der Waals surface area contributed by atoms with E-state index in [2.05, 4.69) is 93.1 Å². The molecule has 2 aliphatic heterocycles. The summed E-state index contributed by atoms with van der Waals surface area (Å²) in [5.74, 6) is -2.19. The number of rotatable bonds is 8. The van der Waals surface area contributed by atoms with Gasteiger partial charge in [0.1, 0.15) is 18.4 Å². The molecule has 2 aromatic carbocycles. The molecule has 1 fully saturated rings. The van der Waals surface area contributed by atoms with Crippen LogP contribution >= 0.6 is 23.1 Å². The van der Waals surface area contributed by atoms with Crippen LogP contribution in [0.2, 0.25) is 0 Å². The summed E-state index contributed by atoms with van der Waals surface area (Å²) in [6.45, 7) is 5.04. The van der Waals surface area contributed by atoms with Crippen LogP contribution in [0.15, 0.2) is 90.2 Å². The van der Waals surface area contributed by atoms with Crippen molar-refractivity contribution in [1.82, 2.24) is 9.47 Å². The maximum atomic E-state index is 12.8. The Morgan fingerprint density at radius 3 is 2.51 bits per heavy atom. The van der Waals surface area contributed by atoms with Crippen molar-refractivity contribution in [2.24, 2.45) is 11.8 Å². The van der Waals surface area contributed by atoms with Crippen LogP contribution in [0.3, 0.4) is 0 Å². The van der Waals surface area contributed by atoms with Crippen molar-refractivity contribution in [2.45, 2.75) is 44.1 Å². The molecule has 2 N–H and O–H groups in total. The van der Waals surface area contributed by atoms with E-state index >= 15 is 0 Å². The summed E-state index contributed by atoms with van der Waals surface area (Å²) in [4.78, 5) is 28.4. The number of thioether (sulfide) groups is 1. The van der Waals surface area contributed by atoms with Crippen molar-refractivity contribution in [3.63, 3.8) is 0 Å². The highest BCUT2D eigenvalue weighted by atomic mass is 79.9. The summed E-state index contributed by atoms with van der Waals surface area (Å²) in [7, 11) is 0. The van der Waals surface area contributed by atoms with Crippen LogP contribution in [0, 0.1) is 11.8 Å². The number of thiazole rings is 1. The molecule has 0 saturated carbocycles. The lowest BCUT2D eigenvalue weighted by Gasteiger charge is -2.46. The number of aliphatic carboxylic acids is 1. The second-order valence-electron chi connectivity index (χ2n) is 11.4. The lowest BCUT2D eigenvalue weighted by Crippen LogP contribution is -3.00. The highest BCUT2D eigenvalue weighted by Gasteiger charge is 2.60. The third kappa shape index (κ3) is 5.65. The van der Waals surface area contributed by atoms with Gasteiger partial charge in [-0.05, 0) is 36.3 Å². The molecule has 8 nitrogen and oxygen atoms in total. The van der Waals surface area contributed by atoms with Gasteiger partial charge in [0.05, 0.1) is 22.9 Å². The first kappa shape index (κ1) is 33.3. The Balaban J connectivity index is 0.00000200. The number of fused-ring (bicyclic) bond motifs is 3. The fraction of sp³-hybridized carbons (Fsp3) is 0.273. The first-order valence-corrected chi connectivity index (χ1v) is 16.3. The van der Waals surface area contributed by atoms with Crippen molar-refractivity contribution < 1.29 is 62.7 Å². The predicted octanol–water partition coefficient (Wildman–Crippen LogP) is -1.79. The van der Waals surface area contributed by atoms with Gasteiger partial charge >= 0.3 is 5.97 Å². The number of carboxylic acid groups (broad SMARTS) is 1. The van der Waals surface area contributed by atoms with Gasteiger partial charge < -0.3 is 49.1 Å². The molecule has 7 rings (SSSR count). The maximum Gasteiger partial charge on any atom is 0.352 e. The van der Waals surface area contributed by atoms with E-state index in [1.165, 1.54) is 26.8 Å². The van der Waals surface area contributed by atoms with E-state index in [0.717, 1.165) is 21.3 Å². The van der Waals surface area contributed by atoms with E-state index in [4.69, 9.17) is 0 Å². The number of hydrogen-bond acceptors (Lipinski definition) is 5. The van der Waals surface area contributed by atoms with E-state index < -0.39 is 18.0 Å². The Bertz CT molecular complexity index is 1970. The smallest absolute Gasteiger partial charge is 0.352 e. The van der Waals surface area contributed by atoms with Crippen LogP contribution in [-0.4, -0.2) is 50.0 Å². The molecule has 3 aromatic heterocycles. The van der Waals surface area contributed by atoms with Crippen LogP contribution < -0.4 is 42.9 Å². The molecular formula is C33H32Br2N4O4S2. The molecule has 5 heterocycles. The quantitative estimate of drug-likeness (QED) is 0.111. The molecule has 234 valence electrons. The van der Waals surface area contributed by atoms with Gasteiger partial charge in [0, 0.05) is 28.5 Å². The fourth-order valence-electron chi connectivity index (χ4n) is 6.78. The van der Waals surface area contributed by atoms with Gasteiger partial charge in [-0.2, -0.15) is 4.40 Å². The molecule has 12 heteroatoms. The first-order valence-electron chi connectivity index (χ1n) is 14.3. The second kappa shape index (κ2) is 13.0. The van der Waals surface area contributed by atoms with Gasteiger partial charge in [-0.15, -0.1) is 0 Å². The Hall–Kier alpha value is -3.03. The van der Waals surface area contributed by atoms with E-state index in [0.29, 0.717) is 12.1 Å². The highest BCUT2D eigenvalue weighted by Crippen LogP contribution is 2.51. The fourth-order valence-corrected chi connectivity index (χ4v) is 8.96. The number of carbonyl (C=O) groups excluding carboxylic acids is 1. The van der Waals surface area contributed by atoms with Crippen molar-refractivity contribution in [3.8, 4) is 0 Å². The van der Waals surface area contributed by atoms with Gasteiger partial charge in [0.15, 0.2) is 18.9 Å². The van der Waals surface area contributed by atoms with Crippen molar-refractivity contribution >= 4 is 56.2 Å². The van der Waals surface area contributed by atoms with Crippen LogP contribution in [0.1, 0.15) is 29.9 Å². The van der Waals surface area contributed by atoms with Gasteiger partial charge in [-0.1, -0.05) is 66.4 Å². The number of imidazole rings is 1. The minimum atomic E-state index is -1.11. The maximum absolute atomic E-state index is 12.8. The zero-order valence-electron chi connectivity index (χ0n) is 24.8. The number of pyridine rings is 1. The summed E-state index contributed by atoms with van der Waals surface area (Å²) < 4.78 is 6.50. The van der Waals surface area contributed by atoms with Crippen molar-refractivity contribution in [2.75, 3.05) is 6.26 Å². The Morgan fingerprint density at radius 2 is 1.80 bits per heavy atom. The van der Waals surface area contributed by atoms with E-state index in [1.807, 2.05) is 13.1 Å². The number of halogens is 2. The molecule has 1 amide bonds. The van der Waals surface area contributed by atoms with Crippen molar-refractivity contribution in [1.29, 1.82) is 0 Å². The molecule has 5 aromatic rings. The van der Waals surface area contributed by atoms with E-state index in [9.17, 15) is 19.8 Å². The monoisotopic (exact) mass is 770 g/mol. The van der Waals surface area contributed by atoms with E-state index in [1.54, 1.807) is 30.0 Å². The third-order valence-electron chi connectivity index (χ3n) is 8.69. The number of aliphatic hydroxyl groups excluding tert-OH is 1. The number of carbonyl (C=O) groups is 2. The molecule has 2 aliphatic rings. The average Bonchev–Trinajstić information content (AvgIpc) is 3.60. The Labute approximate surface area is 290 Å². The van der Waals surface area contributed by atoms with Gasteiger partial charge in [0.2, 0.25) is 15.8 Å². The lowest BCUT2D eigenvalue weighted by molar-refractivity contribution is -0.687. The van der Waals surface area contributed by atoms with Crippen LogP contribution in [0.5, 0.6) is 0 Å². The molecule has 0 bridgehead atoms. The standard InChI is InChI=1S/C33H31N4O4S2.2BrH/c1-19-26(29(33(40)41)37-28(19)27(20(2)38)30(37)39)25-17-36-18-35(31(42-3)32(36)43-25)15-22-8-6-7-21(13-22)14-34-12-11-23-9-4-5-10-24(23)16-34;;/h4-13,16-20,27-28,38H,14-15H2,1-3H3;2*1H/q+1;;/p-1/t19-,20+,27+,28+;;/m0../s1. The summed E-state index contributed by atoms with van der Waals surface area (Å²) in [6.07, 6.45) is 9.57. The lowest BCUT2D eigenvalue weighted by atomic mass is 9.77. The number of hydrogen-bond donors (Lipinski definition) is 2. The minimum absolute atomic E-state index is 0. The number of β-lactam (4-membered cyclic amide) rings is 1. The van der Waals surface area contributed by atoms with Gasteiger partial charge in [-0.3, -0.25) is 4.79 Å². The molecule has 0 radical (unpaired) electrons. The SMILES string of the molecule is CSc1c2sc(C3=C(C(=O)O)N4C(=O)[C@H]([C@@H](C)O)[C@H]4[C@H]3C)c[n+]2cn1Cc1cccc(C[n+]2ccc3ccccc3c2)c1.[Br-].[Br-]. The number of benzene rings is 2. The minimum Gasteiger partial charge on any atom is -1.00 e. The highest BCUT2D eigenvalue weighted by molar-refractivity contribution is 7.98. The Morgan fingerprint density at radius 1 is 1.07 bits per heavy atom. The normalized spacial score (nSPS) is 19.7. The number of nitrogens with zero attached hydrogens (tertiary/aromatic N) is 4. The van der Waals surface area contributed by atoms with Crippen LogP contribution in [-0.2, 0) is 22.7 Å². The average molecular weight is 773 g/mol. The number of aliphatic hydroxyl groups is 1. The zero-order valence-corrected chi connectivity index (χ0v) is 29.6. The van der Waals surface area contributed by atoms with Crippen molar-refractivity contribution in [3.05, 3.63) is 101 Å². The molecule has 45 heavy (non-hydrogen) atoms. The summed E-state index contributed by atoms with van der Waals surface area (Å²) in [5, 5.41) is 23.8. The van der Waals surface area contributed by atoms with E-state index in [-0.39, 0.29) is 57.5 Å². The molecule has 0 unspecified atom stereocenters. The zero-order chi connectivity index (χ0) is 30.0. The molecular weight excluding hydrogens is 740 g/mol. The summed E-state index contributed by atoms with van der Waals surface area (Å²) in [5.41, 5.74) is 3.14. The summed E-state index contributed by atoms with van der Waals surface area (Å²) in [6, 6.07) is 18.8. The topological polar surface area (TPSA) is 90.8 Å². The third-order valence-corrected chi connectivity index (χ3v) is 10.8. The Kier molecular flexibility index (Phi) is 9.63. The largest absolute Gasteiger partial charge is 1.00 e. The van der Waals surface area contributed by atoms with Crippen LogP contribution in [0.25, 0.3) is 21.2 Å². The first-order chi connectivity index (χ1) is 20.7. The number of carboxylic acids is 1. The molecule has 0 spiro atoms. The second-order valence-corrected chi connectivity index (χ2v) is 13.3. The number of amides is 1. The van der Waals surface area contributed by atoms with Gasteiger partial charge in [-0.25, -0.2) is 13.9 Å². The number of aromatic nitrogens is 3. The predicted molar refractivity (Wildman–Crippen MR) is 166 cm³/mol. The molecule has 0 aliphatic carbocycles. The summed E-state index contributed by atoms with van der Waals surface area (Å²) >= 11 is 3.21.